The van der Waals surface area contributed by atoms with Crippen molar-refractivity contribution in [1.82, 2.24) is 0 Å². The van der Waals surface area contributed by atoms with Gasteiger partial charge >= 0.3 is 0 Å². The zero-order valence-corrected chi connectivity index (χ0v) is 11.4. The number of benzene rings is 1. The van der Waals surface area contributed by atoms with E-state index in [-0.39, 0.29) is 5.75 Å². The quantitative estimate of drug-likeness (QED) is 0.923. The molecular weight excluding hydrogens is 269 g/mol. The highest BCUT2D eigenvalue weighted by Crippen LogP contribution is 2.28. The summed E-state index contributed by atoms with van der Waals surface area (Å²) in [6, 6.07) is 3.44. The van der Waals surface area contributed by atoms with Gasteiger partial charge in [-0.05, 0) is 24.6 Å². The molecule has 90 valence electrons. The number of anilines is 1. The summed E-state index contributed by atoms with van der Waals surface area (Å²) in [7, 11) is -2.96. The first-order chi connectivity index (χ1) is 7.29. The first kappa shape index (κ1) is 13.6. The molecule has 0 saturated carbocycles. The third kappa shape index (κ3) is 4.20. The van der Waals surface area contributed by atoms with Gasteiger partial charge in [0.15, 0.2) is 0 Å². The summed E-state index contributed by atoms with van der Waals surface area (Å²) in [4.78, 5) is 0. The van der Waals surface area contributed by atoms with Gasteiger partial charge in [0.05, 0.1) is 16.5 Å². The Balaban J connectivity index is 2.71. The Morgan fingerprint density at radius 1 is 1.25 bits per heavy atom. The zero-order chi connectivity index (χ0) is 12.3. The van der Waals surface area contributed by atoms with Gasteiger partial charge in [-0.2, -0.15) is 0 Å². The minimum Gasteiger partial charge on any atom is -0.383 e. The summed E-state index contributed by atoms with van der Waals surface area (Å²) in [6.45, 7) is 2.17. The summed E-state index contributed by atoms with van der Waals surface area (Å²) >= 11 is 11.9. The maximum absolute atomic E-state index is 10.9. The number of aryl methyl sites for hydroxylation is 1. The van der Waals surface area contributed by atoms with Crippen LogP contribution in [0.5, 0.6) is 0 Å². The van der Waals surface area contributed by atoms with Gasteiger partial charge in [0, 0.05) is 17.8 Å². The van der Waals surface area contributed by atoms with Gasteiger partial charge in [-0.1, -0.05) is 23.2 Å². The number of hydrogen-bond acceptors (Lipinski definition) is 3. The molecule has 1 aromatic rings. The van der Waals surface area contributed by atoms with Crippen molar-refractivity contribution in [3.8, 4) is 0 Å². The molecule has 0 aliphatic rings. The SMILES string of the molecule is Cc1cc(Cl)c(NCCS(C)(=O)=O)cc1Cl. The second kappa shape index (κ2) is 5.25. The van der Waals surface area contributed by atoms with Crippen LogP contribution >= 0.6 is 23.2 Å². The average molecular weight is 282 g/mol. The van der Waals surface area contributed by atoms with Crippen LogP contribution in [0.1, 0.15) is 5.56 Å². The highest BCUT2D eigenvalue weighted by Gasteiger charge is 2.06. The van der Waals surface area contributed by atoms with Crippen molar-refractivity contribution in [1.29, 1.82) is 0 Å². The van der Waals surface area contributed by atoms with Crippen LogP contribution in [-0.4, -0.2) is 27.0 Å². The summed E-state index contributed by atoms with van der Waals surface area (Å²) in [6.07, 6.45) is 1.19. The molecule has 0 spiro atoms. The molecule has 3 nitrogen and oxygen atoms in total. The number of halogens is 2. The van der Waals surface area contributed by atoms with E-state index in [2.05, 4.69) is 5.32 Å². The van der Waals surface area contributed by atoms with E-state index in [9.17, 15) is 8.42 Å². The molecule has 0 bridgehead atoms. The lowest BCUT2D eigenvalue weighted by molar-refractivity contribution is 0.602. The highest BCUT2D eigenvalue weighted by atomic mass is 35.5. The van der Waals surface area contributed by atoms with Gasteiger partial charge in [0.25, 0.3) is 0 Å². The average Bonchev–Trinajstić information content (AvgIpc) is 2.11. The van der Waals surface area contributed by atoms with Crippen molar-refractivity contribution >= 4 is 38.7 Å². The van der Waals surface area contributed by atoms with Crippen LogP contribution in [0.2, 0.25) is 10.0 Å². The van der Waals surface area contributed by atoms with Crippen LogP contribution in [0.4, 0.5) is 5.69 Å². The van der Waals surface area contributed by atoms with Crippen LogP contribution in [0, 0.1) is 6.92 Å². The number of nitrogens with one attached hydrogen (secondary N) is 1. The maximum atomic E-state index is 10.9. The van der Waals surface area contributed by atoms with Crippen molar-refractivity contribution < 1.29 is 8.42 Å². The van der Waals surface area contributed by atoms with Crippen molar-refractivity contribution in [2.45, 2.75) is 6.92 Å². The smallest absolute Gasteiger partial charge is 0.149 e. The molecule has 6 heteroatoms. The fraction of sp³-hybridized carbons (Fsp3) is 0.400. The van der Waals surface area contributed by atoms with E-state index in [4.69, 9.17) is 23.2 Å². The molecular formula is C10H13Cl2NO2S. The first-order valence-corrected chi connectivity index (χ1v) is 7.48. The van der Waals surface area contributed by atoms with Crippen molar-refractivity contribution in [2.75, 3.05) is 23.9 Å². The molecule has 0 saturated heterocycles. The number of sulfone groups is 1. The lowest BCUT2D eigenvalue weighted by Crippen LogP contribution is -2.14. The van der Waals surface area contributed by atoms with Crippen LogP contribution in [-0.2, 0) is 9.84 Å². The fourth-order valence-corrected chi connectivity index (χ4v) is 2.07. The van der Waals surface area contributed by atoms with E-state index in [1.165, 1.54) is 6.26 Å². The van der Waals surface area contributed by atoms with Gasteiger partial charge in [-0.25, -0.2) is 8.42 Å². The Morgan fingerprint density at radius 2 is 1.88 bits per heavy atom. The molecule has 0 heterocycles. The summed E-state index contributed by atoms with van der Waals surface area (Å²) < 4.78 is 21.9. The molecule has 1 rings (SSSR count). The second-order valence-corrected chi connectivity index (χ2v) is 6.71. The van der Waals surface area contributed by atoms with Crippen molar-refractivity contribution in [3.05, 3.63) is 27.7 Å². The van der Waals surface area contributed by atoms with Gasteiger partial charge in [0.1, 0.15) is 9.84 Å². The summed E-state index contributed by atoms with van der Waals surface area (Å²) in [5.41, 5.74) is 1.54. The van der Waals surface area contributed by atoms with Gasteiger partial charge in [0.2, 0.25) is 0 Å². The molecule has 0 unspecified atom stereocenters. The van der Waals surface area contributed by atoms with E-state index in [0.29, 0.717) is 22.3 Å². The molecule has 1 aromatic carbocycles. The minimum absolute atomic E-state index is 0.0643. The molecule has 16 heavy (non-hydrogen) atoms. The second-order valence-electron chi connectivity index (χ2n) is 3.64. The molecule has 0 aliphatic carbocycles. The van der Waals surface area contributed by atoms with Crippen LogP contribution in [0.3, 0.4) is 0 Å². The Morgan fingerprint density at radius 3 is 2.44 bits per heavy atom. The van der Waals surface area contributed by atoms with Crippen molar-refractivity contribution in [3.63, 3.8) is 0 Å². The maximum Gasteiger partial charge on any atom is 0.149 e. The van der Waals surface area contributed by atoms with E-state index in [1.807, 2.05) is 6.92 Å². The predicted molar refractivity (Wildman–Crippen MR) is 69.4 cm³/mol. The Bertz CT molecular complexity index is 486. The molecule has 0 aliphatic heterocycles. The van der Waals surface area contributed by atoms with Gasteiger partial charge < -0.3 is 5.32 Å². The standard InChI is InChI=1S/C10H13Cl2NO2S/c1-7-5-9(12)10(6-8(7)11)13-3-4-16(2,14)15/h5-6,13H,3-4H2,1-2H3. The van der Waals surface area contributed by atoms with Gasteiger partial charge in [-0.15, -0.1) is 0 Å². The van der Waals surface area contributed by atoms with Gasteiger partial charge in [-0.3, -0.25) is 0 Å². The highest BCUT2D eigenvalue weighted by molar-refractivity contribution is 7.90. The first-order valence-electron chi connectivity index (χ1n) is 4.67. The molecule has 1 N–H and O–H groups in total. The van der Waals surface area contributed by atoms with E-state index >= 15 is 0 Å². The summed E-state index contributed by atoms with van der Waals surface area (Å²) in [5, 5.41) is 4.08. The number of rotatable bonds is 4. The zero-order valence-electron chi connectivity index (χ0n) is 9.05. The van der Waals surface area contributed by atoms with Crippen molar-refractivity contribution in [2.24, 2.45) is 0 Å². The topological polar surface area (TPSA) is 46.2 Å². The van der Waals surface area contributed by atoms with E-state index in [0.717, 1.165) is 5.56 Å². The third-order valence-electron chi connectivity index (χ3n) is 2.04. The Labute approximate surface area is 106 Å². The van der Waals surface area contributed by atoms with Crippen LogP contribution in [0.25, 0.3) is 0 Å². The molecule has 0 aromatic heterocycles. The van der Waals surface area contributed by atoms with E-state index in [1.54, 1.807) is 12.1 Å². The largest absolute Gasteiger partial charge is 0.383 e. The predicted octanol–water partition coefficient (Wildman–Crippen LogP) is 2.76. The summed E-state index contributed by atoms with van der Waals surface area (Å²) in [5.74, 6) is 0.0643. The number of hydrogen-bond donors (Lipinski definition) is 1. The fourth-order valence-electron chi connectivity index (χ4n) is 1.15. The lowest BCUT2D eigenvalue weighted by atomic mass is 10.2. The molecule has 0 amide bonds. The Kier molecular flexibility index (Phi) is 4.47. The normalized spacial score (nSPS) is 11.5. The lowest BCUT2D eigenvalue weighted by Gasteiger charge is -2.09. The molecule has 0 atom stereocenters. The monoisotopic (exact) mass is 281 g/mol. The minimum atomic E-state index is -2.96. The van der Waals surface area contributed by atoms with Crippen LogP contribution < -0.4 is 5.32 Å². The third-order valence-corrected chi connectivity index (χ3v) is 3.70. The van der Waals surface area contributed by atoms with E-state index < -0.39 is 9.84 Å². The van der Waals surface area contributed by atoms with Crippen LogP contribution in [0.15, 0.2) is 12.1 Å². The molecule has 0 fully saturated rings. The molecule has 0 radical (unpaired) electrons. The Hall–Kier alpha value is -0.450.